The van der Waals surface area contributed by atoms with Gasteiger partial charge in [0.25, 0.3) is 0 Å². The predicted molar refractivity (Wildman–Crippen MR) is 108 cm³/mol. The first kappa shape index (κ1) is 19.4. The standard InChI is InChI=1S/C18H22BrClN2OS/c1-18(2,3)24(23)22(4)17(12-5-8-14(20)9-6-12)15-11-13(19)7-10-16(15)21/h5-11,17H,21H2,1-4H3/t17-,24-/m1/s1. The third-order valence-electron chi connectivity index (χ3n) is 3.68. The maximum Gasteiger partial charge on any atom is 0.100 e. The van der Waals surface area contributed by atoms with Gasteiger partial charge < -0.3 is 5.73 Å². The maximum absolute atomic E-state index is 13.0. The first-order valence-corrected chi connectivity index (χ1v) is 9.84. The molecule has 130 valence electrons. The van der Waals surface area contributed by atoms with Crippen molar-refractivity contribution in [1.29, 1.82) is 0 Å². The maximum atomic E-state index is 13.0. The third kappa shape index (κ3) is 4.39. The number of hydrogen-bond acceptors (Lipinski definition) is 2. The van der Waals surface area contributed by atoms with Crippen molar-refractivity contribution in [3.05, 3.63) is 63.1 Å². The molecule has 2 aromatic carbocycles. The quantitative estimate of drug-likeness (QED) is 0.682. The van der Waals surface area contributed by atoms with Crippen molar-refractivity contribution < 1.29 is 4.21 Å². The molecule has 2 rings (SSSR count). The SMILES string of the molecule is CN([C@H](c1ccc(Cl)cc1)c1cc(Br)ccc1N)[S@](=O)C(C)(C)C. The van der Waals surface area contributed by atoms with Crippen molar-refractivity contribution in [3.8, 4) is 0 Å². The Morgan fingerprint density at radius 2 is 1.75 bits per heavy atom. The minimum Gasteiger partial charge on any atom is -0.398 e. The van der Waals surface area contributed by atoms with Crippen LogP contribution in [0.1, 0.15) is 37.9 Å². The van der Waals surface area contributed by atoms with Crippen LogP contribution in [0.15, 0.2) is 46.9 Å². The van der Waals surface area contributed by atoms with Crippen molar-refractivity contribution in [1.82, 2.24) is 4.31 Å². The Morgan fingerprint density at radius 3 is 2.29 bits per heavy atom. The summed E-state index contributed by atoms with van der Waals surface area (Å²) in [5.41, 5.74) is 8.79. The Balaban J connectivity index is 2.59. The lowest BCUT2D eigenvalue weighted by atomic mass is 9.97. The van der Waals surface area contributed by atoms with Gasteiger partial charge in [-0.15, -0.1) is 0 Å². The second-order valence-electron chi connectivity index (χ2n) is 6.64. The summed E-state index contributed by atoms with van der Waals surface area (Å²) >= 11 is 9.53. The Bertz CT molecular complexity index is 744. The highest BCUT2D eigenvalue weighted by atomic mass is 79.9. The summed E-state index contributed by atoms with van der Waals surface area (Å²) in [5.74, 6) is 0. The Kier molecular flexibility index (Phi) is 6.13. The fourth-order valence-corrected chi connectivity index (χ4v) is 4.34. The molecule has 0 aliphatic rings. The number of halogens is 2. The molecule has 0 saturated heterocycles. The van der Waals surface area contributed by atoms with E-state index in [2.05, 4.69) is 15.9 Å². The van der Waals surface area contributed by atoms with Crippen LogP contribution in [0.25, 0.3) is 0 Å². The molecule has 0 bridgehead atoms. The summed E-state index contributed by atoms with van der Waals surface area (Å²) in [5, 5.41) is 0.666. The molecule has 2 N–H and O–H groups in total. The molecule has 0 spiro atoms. The fraction of sp³-hybridized carbons (Fsp3) is 0.333. The summed E-state index contributed by atoms with van der Waals surface area (Å²) in [7, 11) is 0.658. The molecule has 0 heterocycles. The summed E-state index contributed by atoms with van der Waals surface area (Å²) in [4.78, 5) is 0. The molecule has 24 heavy (non-hydrogen) atoms. The highest BCUT2D eigenvalue weighted by Crippen LogP contribution is 2.36. The van der Waals surface area contributed by atoms with Gasteiger partial charge in [0.1, 0.15) is 11.0 Å². The van der Waals surface area contributed by atoms with E-state index in [4.69, 9.17) is 17.3 Å². The second kappa shape index (κ2) is 7.56. The van der Waals surface area contributed by atoms with Gasteiger partial charge in [-0.1, -0.05) is 39.7 Å². The molecule has 0 aromatic heterocycles. The van der Waals surface area contributed by atoms with Crippen LogP contribution in [0.2, 0.25) is 5.02 Å². The fourth-order valence-electron chi connectivity index (χ4n) is 2.54. The molecule has 0 amide bonds. The van der Waals surface area contributed by atoms with E-state index < -0.39 is 11.0 Å². The number of nitrogens with zero attached hydrogens (tertiary/aromatic N) is 1. The van der Waals surface area contributed by atoms with Gasteiger partial charge in [0.15, 0.2) is 0 Å². The Morgan fingerprint density at radius 1 is 1.17 bits per heavy atom. The number of nitrogen functional groups attached to an aromatic ring is 1. The number of rotatable bonds is 4. The van der Waals surface area contributed by atoms with E-state index in [1.165, 1.54) is 0 Å². The number of nitrogens with two attached hydrogens (primary N) is 1. The molecule has 0 aliphatic carbocycles. The molecular weight excluding hydrogens is 408 g/mol. The Labute approximate surface area is 159 Å². The second-order valence-corrected chi connectivity index (χ2v) is 10.3. The number of benzene rings is 2. The predicted octanol–water partition coefficient (Wildman–Crippen LogP) is 5.17. The van der Waals surface area contributed by atoms with Crippen molar-refractivity contribution in [2.24, 2.45) is 0 Å². The smallest absolute Gasteiger partial charge is 0.100 e. The zero-order valence-corrected chi connectivity index (χ0v) is 17.4. The largest absolute Gasteiger partial charge is 0.398 e. The molecule has 0 unspecified atom stereocenters. The van der Waals surface area contributed by atoms with E-state index in [0.29, 0.717) is 10.7 Å². The first-order valence-electron chi connectivity index (χ1n) is 7.56. The molecule has 0 aliphatic heterocycles. The monoisotopic (exact) mass is 428 g/mol. The van der Waals surface area contributed by atoms with Gasteiger partial charge in [-0.2, -0.15) is 0 Å². The normalized spacial score (nSPS) is 14.6. The lowest BCUT2D eigenvalue weighted by Gasteiger charge is -2.33. The lowest BCUT2D eigenvalue weighted by Crippen LogP contribution is -2.38. The minimum atomic E-state index is -1.20. The molecule has 6 heteroatoms. The van der Waals surface area contributed by atoms with E-state index in [9.17, 15) is 4.21 Å². The molecule has 2 atom stereocenters. The third-order valence-corrected chi connectivity index (χ3v) is 6.21. The summed E-state index contributed by atoms with van der Waals surface area (Å²) in [6.07, 6.45) is 0. The van der Waals surface area contributed by atoms with Crippen LogP contribution in [0, 0.1) is 0 Å². The molecule has 0 radical (unpaired) electrons. The van der Waals surface area contributed by atoms with Crippen LogP contribution in [0.3, 0.4) is 0 Å². The topological polar surface area (TPSA) is 46.3 Å². The van der Waals surface area contributed by atoms with Crippen molar-refractivity contribution in [3.63, 3.8) is 0 Å². The molecule has 0 saturated carbocycles. The van der Waals surface area contributed by atoms with Crippen LogP contribution < -0.4 is 5.73 Å². The van der Waals surface area contributed by atoms with Crippen molar-refractivity contribution >= 4 is 44.2 Å². The molecule has 0 fully saturated rings. The van der Waals surface area contributed by atoms with E-state index in [1.807, 2.05) is 74.6 Å². The zero-order chi connectivity index (χ0) is 18.1. The van der Waals surface area contributed by atoms with Crippen molar-refractivity contribution in [2.75, 3.05) is 12.8 Å². The van der Waals surface area contributed by atoms with Crippen molar-refractivity contribution in [2.45, 2.75) is 31.6 Å². The van der Waals surface area contributed by atoms with Gasteiger partial charge in [0.05, 0.1) is 10.8 Å². The zero-order valence-electron chi connectivity index (χ0n) is 14.2. The average Bonchev–Trinajstić information content (AvgIpc) is 2.51. The summed E-state index contributed by atoms with van der Waals surface area (Å²) < 4.78 is 15.4. The number of anilines is 1. The van der Waals surface area contributed by atoms with Gasteiger partial charge in [0, 0.05) is 22.2 Å². The van der Waals surface area contributed by atoms with E-state index >= 15 is 0 Å². The average molecular weight is 430 g/mol. The van der Waals surface area contributed by atoms with Crippen LogP contribution in [-0.2, 0) is 11.0 Å². The van der Waals surface area contributed by atoms with Gasteiger partial charge >= 0.3 is 0 Å². The lowest BCUT2D eigenvalue weighted by molar-refractivity contribution is 0.440. The molecular formula is C18H22BrClN2OS. The van der Waals surface area contributed by atoms with Crippen LogP contribution in [-0.4, -0.2) is 20.3 Å². The van der Waals surface area contributed by atoms with E-state index in [0.717, 1.165) is 15.6 Å². The highest BCUT2D eigenvalue weighted by Gasteiger charge is 2.31. The highest BCUT2D eigenvalue weighted by molar-refractivity contribution is 9.10. The Hall–Kier alpha value is -0.880. The first-order chi connectivity index (χ1) is 11.1. The van der Waals surface area contributed by atoms with Gasteiger partial charge in [-0.25, -0.2) is 8.51 Å². The molecule has 3 nitrogen and oxygen atoms in total. The van der Waals surface area contributed by atoms with Crippen LogP contribution in [0.4, 0.5) is 5.69 Å². The summed E-state index contributed by atoms with van der Waals surface area (Å²) in [6.45, 7) is 5.88. The van der Waals surface area contributed by atoms with Gasteiger partial charge in [-0.3, -0.25) is 0 Å². The van der Waals surface area contributed by atoms with E-state index in [-0.39, 0.29) is 10.8 Å². The van der Waals surface area contributed by atoms with Crippen LogP contribution in [0.5, 0.6) is 0 Å². The molecule has 2 aromatic rings. The van der Waals surface area contributed by atoms with Gasteiger partial charge in [0.2, 0.25) is 0 Å². The van der Waals surface area contributed by atoms with Crippen LogP contribution >= 0.6 is 27.5 Å². The minimum absolute atomic E-state index is 0.236. The van der Waals surface area contributed by atoms with E-state index in [1.54, 1.807) is 0 Å². The van der Waals surface area contributed by atoms with Gasteiger partial charge in [-0.05, 0) is 62.2 Å². The summed E-state index contributed by atoms with van der Waals surface area (Å²) in [6, 6.07) is 13.1. The number of hydrogen-bond donors (Lipinski definition) is 1.